The molecular formula is C144H298O4. The molecule has 0 saturated heterocycles. The molecule has 4 N–H and O–H groups in total. The van der Waals surface area contributed by atoms with E-state index in [0.29, 0.717) is 12.2 Å². The summed E-state index contributed by atoms with van der Waals surface area (Å²) in [4.78, 5) is 0. The summed E-state index contributed by atoms with van der Waals surface area (Å²) in [5.74, 6) is 37.3. The van der Waals surface area contributed by atoms with Gasteiger partial charge in [-0.1, -0.05) is 397 Å². The number of rotatable bonds is 15. The van der Waals surface area contributed by atoms with Crippen molar-refractivity contribution >= 4 is 0 Å². The van der Waals surface area contributed by atoms with E-state index < -0.39 is 0 Å². The fourth-order valence-electron chi connectivity index (χ4n) is 34.3. The van der Waals surface area contributed by atoms with Crippen LogP contribution in [0, 0.1) is 213 Å². The predicted octanol–water partition coefficient (Wildman–Crippen LogP) is 48.6. The summed E-state index contributed by atoms with van der Waals surface area (Å²) in [5, 5.41) is 0. The van der Waals surface area contributed by atoms with Crippen LogP contribution >= 0.6 is 0 Å². The lowest BCUT2D eigenvalue weighted by Crippen LogP contribution is -2.27. The molecule has 4 heteroatoms. The van der Waals surface area contributed by atoms with Crippen LogP contribution < -0.4 is 0 Å². The van der Waals surface area contributed by atoms with Crippen LogP contribution in [0.5, 0.6) is 0 Å². The second-order valence-corrected chi connectivity index (χ2v) is 60.2. The molecule has 898 valence electrons. The highest BCUT2D eigenvalue weighted by molar-refractivity contribution is 5.11. The zero-order chi connectivity index (χ0) is 104. The van der Waals surface area contributed by atoms with Crippen molar-refractivity contribution in [3.63, 3.8) is 0 Å². The van der Waals surface area contributed by atoms with Gasteiger partial charge in [-0.3, -0.25) is 0 Å². The van der Waals surface area contributed by atoms with Crippen LogP contribution in [0.15, 0.2) is 35.5 Å². The van der Waals surface area contributed by atoms with Crippen LogP contribution in [0.2, 0.25) is 0 Å². The van der Waals surface area contributed by atoms with Crippen LogP contribution in [-0.2, 0) is 9.47 Å². The van der Waals surface area contributed by atoms with Crippen LogP contribution in [0.3, 0.4) is 0 Å². The van der Waals surface area contributed by atoms with Gasteiger partial charge in [0, 0.05) is 37.0 Å². The number of hydrogen-bond donors (Lipinski definition) is 0. The molecule has 0 amide bonds. The molecule has 18 saturated carbocycles. The monoisotopic (exact) mass is 2090 g/mol. The van der Waals surface area contributed by atoms with Crippen molar-refractivity contribution in [1.29, 1.82) is 0 Å². The lowest BCUT2D eigenvalue weighted by atomic mass is 9.70. The minimum absolute atomic E-state index is 0. The van der Waals surface area contributed by atoms with Crippen LogP contribution in [0.1, 0.15) is 661 Å². The van der Waals surface area contributed by atoms with Gasteiger partial charge in [0.1, 0.15) is 0 Å². The van der Waals surface area contributed by atoms with Crippen molar-refractivity contribution in [3.8, 4) is 0 Å². The van der Waals surface area contributed by atoms with Crippen LogP contribution in [-0.4, -0.2) is 37.4 Å². The molecule has 0 aliphatic heterocycles. The van der Waals surface area contributed by atoms with Gasteiger partial charge in [0.2, 0.25) is 0 Å². The largest absolute Gasteiger partial charge is 0.412 e. The highest BCUT2D eigenvalue weighted by atomic mass is 16.5. The molecule has 0 aromatic heterocycles. The number of allylic oxidation sites excluding steroid dienone is 6. The molecule has 0 spiro atoms. The van der Waals surface area contributed by atoms with E-state index in [2.05, 4.69) is 149 Å². The third-order valence-corrected chi connectivity index (χ3v) is 47.4. The molecule has 18 fully saturated rings. The van der Waals surface area contributed by atoms with E-state index in [1.54, 1.807) is 121 Å². The first-order valence-corrected chi connectivity index (χ1v) is 68.7. The molecule has 20 rings (SSSR count). The second kappa shape index (κ2) is 73.1. The highest BCUT2D eigenvalue weighted by Gasteiger charge is 2.38. The zero-order valence-electron chi connectivity index (χ0n) is 104. The van der Waals surface area contributed by atoms with E-state index >= 15 is 0 Å². The van der Waals surface area contributed by atoms with Crippen molar-refractivity contribution in [2.75, 3.05) is 14.2 Å². The molecule has 4 nitrogen and oxygen atoms in total. The molecule has 20 aliphatic rings. The quantitative estimate of drug-likeness (QED) is 0.153. The Bertz CT molecular complexity index is 2980. The fraction of sp³-hybridized carbons (Fsp3) is 0.958. The van der Waals surface area contributed by atoms with Gasteiger partial charge in [0.25, 0.3) is 0 Å². The van der Waals surface area contributed by atoms with E-state index in [1.807, 2.05) is 19.8 Å². The Morgan fingerprint density at radius 3 is 0.554 bits per heavy atom. The summed E-state index contributed by atoms with van der Waals surface area (Å²) >= 11 is 0. The first kappa shape index (κ1) is 130. The number of ether oxygens (including phenoxy) is 2. The normalized spacial score (nSPS) is 42.0. The van der Waals surface area contributed by atoms with Gasteiger partial charge in [-0.15, -0.1) is 0 Å². The highest BCUT2D eigenvalue weighted by Crippen LogP contribution is 2.51. The van der Waals surface area contributed by atoms with Gasteiger partial charge >= 0.3 is 0 Å². The number of methoxy groups -OCH3 is 2. The average molecular weight is 2090 g/mol. The molecule has 2 unspecified atom stereocenters. The smallest absolute Gasteiger partial charge is 0.0571 e. The molecule has 148 heavy (non-hydrogen) atoms. The standard InChI is InChI=1S/C16H30.C16H28.2C14H26O.4C14H26.2C14H24.2H2O.16H2/c2*1-13-3-7-15(8-4-13)11-12-16-9-5-14(2)6-10-16;2*1-11-3-5-12(6-4-11)13-7-9-14(15-2)10-8-13;6*1-11-3-7-13(8-4-11)14-9-5-12(2)6-10-14;;;;;;;;;;;;;;;;;;/h13-16H,3-12H2,1-2H3;11-16H,3-10H2,1-2H3;2*11-14H,3-10H2,1-2H3;4*11-14H,3-10H2,1-2H3;7,11-12,14H,3-6,8-10H2,1-2H3;3,12-14H,4-10H2,1-2H3;2*1H2;16*1H/b;12-11+;;;;;;;;;;;;;;;;;;;;;;;;;;. The van der Waals surface area contributed by atoms with Crippen molar-refractivity contribution in [2.24, 2.45) is 213 Å². The lowest BCUT2D eigenvalue weighted by Gasteiger charge is -2.36. The van der Waals surface area contributed by atoms with Crippen molar-refractivity contribution in [1.82, 2.24) is 0 Å². The predicted molar refractivity (Wildman–Crippen MR) is 685 cm³/mol. The van der Waals surface area contributed by atoms with Crippen molar-refractivity contribution in [3.05, 3.63) is 35.5 Å². The first-order valence-electron chi connectivity index (χ1n) is 68.7. The molecule has 0 aromatic carbocycles. The van der Waals surface area contributed by atoms with Crippen LogP contribution in [0.25, 0.3) is 0 Å². The van der Waals surface area contributed by atoms with Gasteiger partial charge in [0.15, 0.2) is 0 Å². The minimum Gasteiger partial charge on any atom is -0.412 e. The Labute approximate surface area is 951 Å². The Kier molecular flexibility index (Phi) is 64.4. The maximum Gasteiger partial charge on any atom is 0.0571 e. The van der Waals surface area contributed by atoms with E-state index in [0.717, 1.165) is 213 Å². The van der Waals surface area contributed by atoms with E-state index in [-0.39, 0.29) is 33.8 Å². The maximum absolute atomic E-state index is 5.44. The van der Waals surface area contributed by atoms with Gasteiger partial charge in [-0.2, -0.15) is 0 Å². The van der Waals surface area contributed by atoms with E-state index in [1.165, 1.54) is 398 Å². The fourth-order valence-corrected chi connectivity index (χ4v) is 34.3. The molecule has 0 radical (unpaired) electrons. The summed E-state index contributed by atoms with van der Waals surface area (Å²) in [7, 11) is 3.74. The maximum atomic E-state index is 5.44. The second-order valence-electron chi connectivity index (χ2n) is 60.2. The number of hydrogen-bond acceptors (Lipinski definition) is 2. The summed E-state index contributed by atoms with van der Waals surface area (Å²) in [6.07, 6.45) is 130. The first-order chi connectivity index (χ1) is 70.6. The molecular weight excluding hydrogens is 1790 g/mol. The molecule has 2 atom stereocenters. The zero-order valence-corrected chi connectivity index (χ0v) is 104. The van der Waals surface area contributed by atoms with Gasteiger partial charge in [-0.25, -0.2) is 0 Å². The summed E-state index contributed by atoms with van der Waals surface area (Å²) < 4.78 is 10.9. The van der Waals surface area contributed by atoms with Gasteiger partial charge in [0.05, 0.1) is 12.2 Å². The third kappa shape index (κ3) is 50.1. The molecule has 20 aliphatic carbocycles. The van der Waals surface area contributed by atoms with Crippen molar-refractivity contribution in [2.45, 2.75) is 651 Å². The molecule has 0 bridgehead atoms. The Morgan fingerprint density at radius 2 is 0.372 bits per heavy atom. The molecule has 0 aromatic rings. The Morgan fingerprint density at radius 1 is 0.189 bits per heavy atom. The minimum atomic E-state index is 0. The summed E-state index contributed by atoms with van der Waals surface area (Å²) in [5.41, 5.74) is 3.44. The molecule has 0 heterocycles. The van der Waals surface area contributed by atoms with Crippen LogP contribution in [0.4, 0.5) is 0 Å². The lowest BCUT2D eigenvalue weighted by molar-refractivity contribution is 0.0398. The SMILES string of the molecule is CC1=CCC(C2CCC(C)CC2)CC1.CC1CC=C(C2CCC(C)CC2)CC1.CC1CCC(/C=C/C2CCC(C)CC2)CC1.CC1CCC(C2CCC(C)CC2)CC1.CC1CCC(C2CCC(C)CC2)CC1.CC1CCC(C2CCC(C)CC2)CC1.CC1CCC(C2CCC(C)CC2)CC1.CC1CCC(CCC2CCC(C)CC2)CC1.COC1CCC(C2CCC(C)CC2)CC1.COC1CCC(C2CCC(C)CC2)CC1.O.O.[HH].[HH].[HH].[HH].[HH].[HH].[HH].[HH].[HH].[HH].[HH].[HH].[HH].[HH].[HH].[HH]. The average Bonchev–Trinajstić information content (AvgIpc) is 1.61. The van der Waals surface area contributed by atoms with E-state index in [4.69, 9.17) is 9.47 Å². The van der Waals surface area contributed by atoms with E-state index in [9.17, 15) is 0 Å². The summed E-state index contributed by atoms with van der Waals surface area (Å²) in [6.45, 7) is 43.4. The topological polar surface area (TPSA) is 81.5 Å². The Hall–Kier alpha value is -0.940. The van der Waals surface area contributed by atoms with Gasteiger partial charge in [-0.05, 0) is 490 Å². The van der Waals surface area contributed by atoms with Gasteiger partial charge < -0.3 is 20.4 Å². The summed E-state index contributed by atoms with van der Waals surface area (Å²) in [6, 6.07) is 0. The third-order valence-electron chi connectivity index (χ3n) is 47.4. The Balaban J connectivity index is -0.000000272. The van der Waals surface area contributed by atoms with Crippen molar-refractivity contribution < 1.29 is 43.3 Å².